The van der Waals surface area contributed by atoms with E-state index in [-0.39, 0.29) is 29.7 Å². The van der Waals surface area contributed by atoms with Gasteiger partial charge in [0.15, 0.2) is 0 Å². The molecule has 0 bridgehead atoms. The summed E-state index contributed by atoms with van der Waals surface area (Å²) in [5.41, 5.74) is -0.816. The van der Waals surface area contributed by atoms with Crippen molar-refractivity contribution in [1.82, 2.24) is 10.2 Å². The van der Waals surface area contributed by atoms with Crippen LogP contribution in [-0.4, -0.2) is 48.1 Å². The molecule has 122 valence electrons. The predicted molar refractivity (Wildman–Crippen MR) is 82.8 cm³/mol. The summed E-state index contributed by atoms with van der Waals surface area (Å²) in [7, 11) is 1.63. The van der Waals surface area contributed by atoms with Gasteiger partial charge in [-0.1, -0.05) is 34.6 Å². The van der Waals surface area contributed by atoms with Gasteiger partial charge < -0.3 is 15.0 Å². The van der Waals surface area contributed by atoms with Gasteiger partial charge in [0, 0.05) is 7.11 Å². The van der Waals surface area contributed by atoms with Crippen molar-refractivity contribution in [1.29, 1.82) is 0 Å². The van der Waals surface area contributed by atoms with Gasteiger partial charge in [-0.15, -0.1) is 0 Å². The van der Waals surface area contributed by atoms with Crippen LogP contribution in [0.4, 0.5) is 0 Å². The van der Waals surface area contributed by atoms with Crippen molar-refractivity contribution in [3.63, 3.8) is 0 Å². The van der Waals surface area contributed by atoms with Gasteiger partial charge in [-0.25, -0.2) is 0 Å². The summed E-state index contributed by atoms with van der Waals surface area (Å²) < 4.78 is 5.31. The van der Waals surface area contributed by atoms with Gasteiger partial charge in [0.2, 0.25) is 11.8 Å². The lowest BCUT2D eigenvalue weighted by Gasteiger charge is -2.49. The standard InChI is InChI=1S/C16H30N2O3/c1-8-16(6)15(20)18(12(9-21-7)10(2)3)13(11(4)5)14(19)17-16/h10-13H,8-9H2,1-7H3,(H,17,19). The van der Waals surface area contributed by atoms with Crippen molar-refractivity contribution in [2.75, 3.05) is 13.7 Å². The summed E-state index contributed by atoms with van der Waals surface area (Å²) in [5, 5.41) is 2.92. The van der Waals surface area contributed by atoms with E-state index in [2.05, 4.69) is 19.2 Å². The molecule has 1 rings (SSSR count). The number of nitrogens with one attached hydrogen (secondary N) is 1. The Bertz CT molecular complexity index is 395. The van der Waals surface area contributed by atoms with Gasteiger partial charge in [0.05, 0.1) is 12.6 Å². The Morgan fingerprint density at radius 1 is 1.29 bits per heavy atom. The number of ether oxygens (including phenoxy) is 1. The molecule has 0 spiro atoms. The maximum absolute atomic E-state index is 13.0. The minimum atomic E-state index is -0.816. The van der Waals surface area contributed by atoms with Crippen molar-refractivity contribution in [2.45, 2.75) is 65.6 Å². The fourth-order valence-corrected chi connectivity index (χ4v) is 2.92. The maximum atomic E-state index is 13.0. The predicted octanol–water partition coefficient (Wildman–Crippen LogP) is 1.81. The third kappa shape index (κ3) is 3.39. The molecule has 3 unspecified atom stereocenters. The lowest BCUT2D eigenvalue weighted by Crippen LogP contribution is -2.72. The highest BCUT2D eigenvalue weighted by Crippen LogP contribution is 2.29. The molecule has 1 aliphatic heterocycles. The number of rotatable bonds is 6. The van der Waals surface area contributed by atoms with Gasteiger partial charge in [-0.3, -0.25) is 9.59 Å². The molecule has 0 radical (unpaired) electrons. The minimum Gasteiger partial charge on any atom is -0.383 e. The molecule has 1 saturated heterocycles. The number of piperazine rings is 1. The SMILES string of the molecule is CCC1(C)NC(=O)C(C(C)C)N(C(COC)C(C)C)C1=O. The Morgan fingerprint density at radius 2 is 1.86 bits per heavy atom. The van der Waals surface area contributed by atoms with E-state index in [1.165, 1.54) is 0 Å². The van der Waals surface area contributed by atoms with Crippen LogP contribution in [-0.2, 0) is 14.3 Å². The largest absolute Gasteiger partial charge is 0.383 e. The average Bonchev–Trinajstić information content (AvgIpc) is 2.39. The molecule has 5 nitrogen and oxygen atoms in total. The van der Waals surface area contributed by atoms with Gasteiger partial charge in [-0.2, -0.15) is 0 Å². The Morgan fingerprint density at radius 3 is 2.24 bits per heavy atom. The lowest BCUT2D eigenvalue weighted by atomic mass is 9.85. The van der Waals surface area contributed by atoms with E-state index < -0.39 is 11.6 Å². The van der Waals surface area contributed by atoms with Crippen LogP contribution in [0, 0.1) is 11.8 Å². The van der Waals surface area contributed by atoms with Gasteiger partial charge in [0.25, 0.3) is 0 Å². The van der Waals surface area contributed by atoms with Crippen LogP contribution >= 0.6 is 0 Å². The first-order valence-electron chi connectivity index (χ1n) is 7.83. The minimum absolute atomic E-state index is 0.000880. The van der Waals surface area contributed by atoms with Crippen molar-refractivity contribution in [3.8, 4) is 0 Å². The highest BCUT2D eigenvalue weighted by molar-refractivity contribution is 5.99. The van der Waals surface area contributed by atoms with Crippen LogP contribution in [0.25, 0.3) is 0 Å². The molecule has 3 atom stereocenters. The van der Waals surface area contributed by atoms with Gasteiger partial charge in [-0.05, 0) is 25.2 Å². The van der Waals surface area contributed by atoms with Crippen LogP contribution < -0.4 is 5.32 Å². The highest BCUT2D eigenvalue weighted by atomic mass is 16.5. The van der Waals surface area contributed by atoms with Crippen LogP contribution in [0.1, 0.15) is 48.0 Å². The third-order valence-electron chi connectivity index (χ3n) is 4.48. The molecule has 2 amide bonds. The molecular weight excluding hydrogens is 268 g/mol. The molecule has 0 aliphatic carbocycles. The smallest absolute Gasteiger partial charge is 0.249 e. The number of methoxy groups -OCH3 is 1. The van der Waals surface area contributed by atoms with Crippen molar-refractivity contribution in [3.05, 3.63) is 0 Å². The number of carbonyl (C=O) groups excluding carboxylic acids is 2. The number of hydrogen-bond donors (Lipinski definition) is 1. The topological polar surface area (TPSA) is 58.6 Å². The zero-order valence-corrected chi connectivity index (χ0v) is 14.4. The van der Waals surface area contributed by atoms with E-state index in [1.807, 2.05) is 20.8 Å². The van der Waals surface area contributed by atoms with E-state index >= 15 is 0 Å². The van der Waals surface area contributed by atoms with E-state index in [9.17, 15) is 9.59 Å². The monoisotopic (exact) mass is 298 g/mol. The molecule has 0 aromatic heterocycles. The Hall–Kier alpha value is -1.10. The average molecular weight is 298 g/mol. The van der Waals surface area contributed by atoms with Crippen LogP contribution in [0.3, 0.4) is 0 Å². The number of carbonyl (C=O) groups is 2. The highest BCUT2D eigenvalue weighted by Gasteiger charge is 2.50. The second-order valence-electron chi connectivity index (χ2n) is 6.84. The first kappa shape index (κ1) is 18.0. The number of nitrogens with zero attached hydrogens (tertiary/aromatic N) is 1. The van der Waals surface area contributed by atoms with E-state index in [1.54, 1.807) is 18.9 Å². The molecule has 1 aliphatic rings. The molecule has 1 N–H and O–H groups in total. The quantitative estimate of drug-likeness (QED) is 0.813. The number of hydrogen-bond acceptors (Lipinski definition) is 3. The van der Waals surface area contributed by atoms with Crippen molar-refractivity contribution < 1.29 is 14.3 Å². The van der Waals surface area contributed by atoms with Gasteiger partial charge >= 0.3 is 0 Å². The Balaban J connectivity index is 3.28. The molecule has 1 heterocycles. The Kier molecular flexibility index (Phi) is 5.79. The summed E-state index contributed by atoms with van der Waals surface area (Å²) in [5.74, 6) is 0.227. The summed E-state index contributed by atoms with van der Waals surface area (Å²) in [6.07, 6.45) is 0.580. The molecule has 21 heavy (non-hydrogen) atoms. The lowest BCUT2D eigenvalue weighted by molar-refractivity contribution is -0.162. The zero-order chi connectivity index (χ0) is 16.4. The van der Waals surface area contributed by atoms with E-state index in [0.717, 1.165) is 0 Å². The molecule has 0 aromatic rings. The molecule has 5 heteroatoms. The van der Waals surface area contributed by atoms with Crippen molar-refractivity contribution in [2.24, 2.45) is 11.8 Å². The summed E-state index contributed by atoms with van der Waals surface area (Å²) >= 11 is 0. The molecule has 1 fully saturated rings. The van der Waals surface area contributed by atoms with Crippen LogP contribution in [0.2, 0.25) is 0 Å². The first-order chi connectivity index (χ1) is 9.69. The fourth-order valence-electron chi connectivity index (χ4n) is 2.92. The second-order valence-corrected chi connectivity index (χ2v) is 6.84. The maximum Gasteiger partial charge on any atom is 0.249 e. The summed E-state index contributed by atoms with van der Waals surface area (Å²) in [6.45, 7) is 12.2. The first-order valence-corrected chi connectivity index (χ1v) is 7.83. The molecule has 0 saturated carbocycles. The van der Waals surface area contributed by atoms with E-state index in [4.69, 9.17) is 4.74 Å². The van der Waals surface area contributed by atoms with Crippen molar-refractivity contribution >= 4 is 11.8 Å². The normalized spacial score (nSPS) is 28.2. The zero-order valence-electron chi connectivity index (χ0n) is 14.4. The molecule has 0 aromatic carbocycles. The van der Waals surface area contributed by atoms with Crippen LogP contribution in [0.15, 0.2) is 0 Å². The molecular formula is C16H30N2O3. The van der Waals surface area contributed by atoms with E-state index in [0.29, 0.717) is 13.0 Å². The fraction of sp³-hybridized carbons (Fsp3) is 0.875. The summed E-state index contributed by atoms with van der Waals surface area (Å²) in [4.78, 5) is 27.3. The van der Waals surface area contributed by atoms with Gasteiger partial charge in [0.1, 0.15) is 11.6 Å². The number of amides is 2. The Labute approximate surface area is 128 Å². The third-order valence-corrected chi connectivity index (χ3v) is 4.48. The summed E-state index contributed by atoms with van der Waals surface area (Å²) in [6, 6.07) is -0.522. The van der Waals surface area contributed by atoms with Crippen LogP contribution in [0.5, 0.6) is 0 Å². The second kappa shape index (κ2) is 6.77.